The van der Waals surface area contributed by atoms with E-state index >= 15 is 0 Å². The Labute approximate surface area is 153 Å². The van der Waals surface area contributed by atoms with Crippen LogP contribution in [0.3, 0.4) is 0 Å². The standard InChI is InChI=1S/C20H22ClN3O/c1-23-10-12-24(13-11-23)15-20(25)16-6-8-18(9-7-16)22-14-17-4-2-3-5-19(17)21/h2-9,14H,10-13,15H2,1H3. The molecule has 2 aromatic rings. The summed E-state index contributed by atoms with van der Waals surface area (Å²) in [5.74, 6) is 0.159. The lowest BCUT2D eigenvalue weighted by molar-refractivity contribution is 0.0876. The summed E-state index contributed by atoms with van der Waals surface area (Å²) in [6, 6.07) is 15.0. The van der Waals surface area contributed by atoms with E-state index in [0.29, 0.717) is 11.6 Å². The van der Waals surface area contributed by atoms with E-state index in [2.05, 4.69) is 21.8 Å². The molecule has 25 heavy (non-hydrogen) atoms. The number of nitrogens with zero attached hydrogens (tertiary/aromatic N) is 3. The van der Waals surface area contributed by atoms with Gasteiger partial charge in [-0.25, -0.2) is 0 Å². The van der Waals surface area contributed by atoms with Crippen LogP contribution in [0.1, 0.15) is 15.9 Å². The highest BCUT2D eigenvalue weighted by Crippen LogP contribution is 2.17. The van der Waals surface area contributed by atoms with Crippen molar-refractivity contribution in [2.45, 2.75) is 0 Å². The number of hydrogen-bond donors (Lipinski definition) is 0. The van der Waals surface area contributed by atoms with Crippen LogP contribution in [0.15, 0.2) is 53.5 Å². The summed E-state index contributed by atoms with van der Waals surface area (Å²) in [5, 5.41) is 0.672. The van der Waals surface area contributed by atoms with E-state index in [4.69, 9.17) is 11.6 Å². The van der Waals surface area contributed by atoms with Gasteiger partial charge in [-0.2, -0.15) is 0 Å². The molecule has 4 nitrogen and oxygen atoms in total. The molecule has 0 atom stereocenters. The van der Waals surface area contributed by atoms with Crippen LogP contribution in [0.2, 0.25) is 5.02 Å². The molecule has 0 amide bonds. The zero-order valence-corrected chi connectivity index (χ0v) is 15.1. The predicted octanol–water partition coefficient (Wildman–Crippen LogP) is 3.52. The monoisotopic (exact) mass is 355 g/mol. The lowest BCUT2D eigenvalue weighted by atomic mass is 10.1. The zero-order chi connectivity index (χ0) is 17.6. The Morgan fingerprint density at radius 3 is 2.44 bits per heavy atom. The molecule has 3 rings (SSSR count). The molecule has 5 heteroatoms. The summed E-state index contributed by atoms with van der Waals surface area (Å²) in [5.41, 5.74) is 2.41. The van der Waals surface area contributed by atoms with E-state index < -0.39 is 0 Å². The van der Waals surface area contributed by atoms with Crippen LogP contribution in [0.5, 0.6) is 0 Å². The Kier molecular flexibility index (Phi) is 5.97. The molecule has 1 aliphatic heterocycles. The normalized spacial score (nSPS) is 16.4. The molecule has 1 fully saturated rings. The summed E-state index contributed by atoms with van der Waals surface area (Å²) in [7, 11) is 2.11. The summed E-state index contributed by atoms with van der Waals surface area (Å²) >= 11 is 6.12. The third-order valence-electron chi connectivity index (χ3n) is 4.41. The van der Waals surface area contributed by atoms with Crippen molar-refractivity contribution in [3.8, 4) is 0 Å². The molecule has 1 saturated heterocycles. The van der Waals surface area contributed by atoms with Gasteiger partial charge in [0.25, 0.3) is 0 Å². The Hall–Kier alpha value is -2.01. The number of carbonyl (C=O) groups is 1. The highest BCUT2D eigenvalue weighted by atomic mass is 35.5. The molecule has 0 N–H and O–H groups in total. The molecular formula is C20H22ClN3O. The number of benzene rings is 2. The minimum atomic E-state index is 0.159. The lowest BCUT2D eigenvalue weighted by Gasteiger charge is -2.31. The Morgan fingerprint density at radius 2 is 1.76 bits per heavy atom. The minimum absolute atomic E-state index is 0.159. The lowest BCUT2D eigenvalue weighted by Crippen LogP contribution is -2.46. The zero-order valence-electron chi connectivity index (χ0n) is 14.4. The van der Waals surface area contributed by atoms with Gasteiger partial charge in [-0.3, -0.25) is 14.7 Å². The Bertz CT molecular complexity index is 750. The van der Waals surface area contributed by atoms with Crippen molar-refractivity contribution in [3.63, 3.8) is 0 Å². The quantitative estimate of drug-likeness (QED) is 0.608. The number of aliphatic imine (C=N–C) groups is 1. The molecule has 0 spiro atoms. The van der Waals surface area contributed by atoms with Gasteiger partial charge in [0.15, 0.2) is 5.78 Å². The number of piperazine rings is 1. The molecule has 1 aliphatic rings. The van der Waals surface area contributed by atoms with Gasteiger partial charge in [0.05, 0.1) is 12.2 Å². The van der Waals surface area contributed by atoms with E-state index in [1.54, 1.807) is 6.21 Å². The third-order valence-corrected chi connectivity index (χ3v) is 4.75. The van der Waals surface area contributed by atoms with Crippen LogP contribution < -0.4 is 0 Å². The van der Waals surface area contributed by atoms with E-state index in [1.807, 2.05) is 48.5 Å². The first-order valence-electron chi connectivity index (χ1n) is 8.44. The molecule has 0 bridgehead atoms. The molecule has 1 heterocycles. The number of carbonyl (C=O) groups excluding carboxylic acids is 1. The van der Waals surface area contributed by atoms with Gasteiger partial charge in [0.2, 0.25) is 0 Å². The van der Waals surface area contributed by atoms with Gasteiger partial charge in [-0.05, 0) is 37.4 Å². The Balaban J connectivity index is 1.60. The van der Waals surface area contributed by atoms with Crippen molar-refractivity contribution in [2.24, 2.45) is 4.99 Å². The second-order valence-corrected chi connectivity index (χ2v) is 6.74. The molecule has 130 valence electrons. The number of rotatable bonds is 5. The molecule has 2 aromatic carbocycles. The highest BCUT2D eigenvalue weighted by Gasteiger charge is 2.17. The van der Waals surface area contributed by atoms with Gasteiger partial charge in [-0.1, -0.05) is 29.8 Å². The molecular weight excluding hydrogens is 334 g/mol. The van der Waals surface area contributed by atoms with Gasteiger partial charge in [0.1, 0.15) is 0 Å². The number of ketones is 1. The van der Waals surface area contributed by atoms with Gasteiger partial charge in [-0.15, -0.1) is 0 Å². The maximum atomic E-state index is 12.4. The number of likely N-dealkylation sites (N-methyl/N-ethyl adjacent to an activating group) is 1. The summed E-state index contributed by atoms with van der Waals surface area (Å²) < 4.78 is 0. The fourth-order valence-electron chi connectivity index (χ4n) is 2.76. The van der Waals surface area contributed by atoms with Crippen molar-refractivity contribution >= 4 is 29.3 Å². The van der Waals surface area contributed by atoms with Crippen LogP contribution in [-0.2, 0) is 0 Å². The van der Waals surface area contributed by atoms with Crippen LogP contribution >= 0.6 is 11.6 Å². The first kappa shape index (κ1) is 17.8. The molecule has 0 aromatic heterocycles. The van der Waals surface area contributed by atoms with Gasteiger partial charge < -0.3 is 4.90 Å². The van der Waals surface area contributed by atoms with Crippen LogP contribution in [0.4, 0.5) is 5.69 Å². The summed E-state index contributed by atoms with van der Waals surface area (Å²) in [6.07, 6.45) is 1.74. The van der Waals surface area contributed by atoms with E-state index in [1.165, 1.54) is 0 Å². The van der Waals surface area contributed by atoms with Gasteiger partial charge >= 0.3 is 0 Å². The fraction of sp³-hybridized carbons (Fsp3) is 0.300. The second-order valence-electron chi connectivity index (χ2n) is 6.33. The maximum Gasteiger partial charge on any atom is 0.176 e. The van der Waals surface area contributed by atoms with Crippen LogP contribution in [0.25, 0.3) is 0 Å². The molecule has 0 radical (unpaired) electrons. The molecule has 0 unspecified atom stereocenters. The van der Waals surface area contributed by atoms with Crippen molar-refractivity contribution in [1.82, 2.24) is 9.80 Å². The first-order valence-corrected chi connectivity index (χ1v) is 8.82. The topological polar surface area (TPSA) is 35.9 Å². The predicted molar refractivity (Wildman–Crippen MR) is 103 cm³/mol. The van der Waals surface area contributed by atoms with Gasteiger partial charge in [0, 0.05) is 48.5 Å². The smallest absolute Gasteiger partial charge is 0.176 e. The number of hydrogen-bond acceptors (Lipinski definition) is 4. The minimum Gasteiger partial charge on any atom is -0.304 e. The SMILES string of the molecule is CN1CCN(CC(=O)c2ccc(N=Cc3ccccc3Cl)cc2)CC1. The summed E-state index contributed by atoms with van der Waals surface area (Å²) in [4.78, 5) is 21.3. The van der Waals surface area contributed by atoms with E-state index in [-0.39, 0.29) is 5.78 Å². The van der Waals surface area contributed by atoms with Crippen molar-refractivity contribution in [3.05, 3.63) is 64.7 Å². The largest absolute Gasteiger partial charge is 0.304 e. The second kappa shape index (κ2) is 8.39. The van der Waals surface area contributed by atoms with Crippen molar-refractivity contribution in [2.75, 3.05) is 39.8 Å². The van der Waals surface area contributed by atoms with E-state index in [0.717, 1.165) is 43.0 Å². The molecule has 0 saturated carbocycles. The highest BCUT2D eigenvalue weighted by molar-refractivity contribution is 6.33. The van der Waals surface area contributed by atoms with Crippen LogP contribution in [-0.4, -0.2) is 61.6 Å². The number of halogens is 1. The van der Waals surface area contributed by atoms with E-state index in [9.17, 15) is 4.79 Å². The fourth-order valence-corrected chi connectivity index (χ4v) is 2.94. The number of Topliss-reactive ketones (excluding diaryl/α,β-unsaturated/α-hetero) is 1. The Morgan fingerprint density at radius 1 is 1.08 bits per heavy atom. The van der Waals surface area contributed by atoms with Crippen molar-refractivity contribution < 1.29 is 4.79 Å². The summed E-state index contributed by atoms with van der Waals surface area (Å²) in [6.45, 7) is 4.41. The average molecular weight is 356 g/mol. The van der Waals surface area contributed by atoms with Crippen LogP contribution in [0, 0.1) is 0 Å². The first-order chi connectivity index (χ1) is 12.1. The average Bonchev–Trinajstić information content (AvgIpc) is 2.63. The third kappa shape index (κ3) is 4.98. The maximum absolute atomic E-state index is 12.4. The van der Waals surface area contributed by atoms with Crippen molar-refractivity contribution in [1.29, 1.82) is 0 Å². The molecule has 0 aliphatic carbocycles.